The summed E-state index contributed by atoms with van der Waals surface area (Å²) >= 11 is 0. The monoisotopic (exact) mass is 278 g/mol. The third kappa shape index (κ3) is 3.87. The number of hydrogen-bond donors (Lipinski definition) is 2. The topological polar surface area (TPSA) is 61.8 Å². The average Bonchev–Trinajstić information content (AvgIpc) is 2.94. The van der Waals surface area contributed by atoms with E-state index in [0.29, 0.717) is 18.0 Å². The molecular weight excluding hydrogens is 256 g/mol. The number of para-hydroxylation sites is 2. The lowest BCUT2D eigenvalue weighted by molar-refractivity contribution is 0.200. The molecule has 2 amide bonds. The van der Waals surface area contributed by atoms with Gasteiger partial charge in [-0.15, -0.1) is 0 Å². The summed E-state index contributed by atoms with van der Waals surface area (Å²) in [5.74, 6) is 0.713. The number of nitrogens with one attached hydrogen (secondary N) is 1. The van der Waals surface area contributed by atoms with Crippen LogP contribution in [0.15, 0.2) is 24.3 Å². The van der Waals surface area contributed by atoms with Gasteiger partial charge in [0.05, 0.1) is 18.4 Å². The van der Waals surface area contributed by atoms with Crippen LogP contribution in [0.1, 0.15) is 25.7 Å². The van der Waals surface area contributed by atoms with E-state index in [1.165, 1.54) is 17.7 Å². The smallest absolute Gasteiger partial charge is 0.321 e. The summed E-state index contributed by atoms with van der Waals surface area (Å²) in [4.78, 5) is 13.4. The van der Waals surface area contributed by atoms with Crippen LogP contribution in [-0.4, -0.2) is 42.3 Å². The fourth-order valence-corrected chi connectivity index (χ4v) is 2.32. The molecule has 0 heterocycles. The number of aliphatic hydroxyl groups excluding tert-OH is 1. The van der Waals surface area contributed by atoms with E-state index >= 15 is 0 Å². The van der Waals surface area contributed by atoms with Gasteiger partial charge in [-0.25, -0.2) is 4.79 Å². The van der Waals surface area contributed by atoms with Crippen LogP contribution in [0.5, 0.6) is 5.75 Å². The highest BCUT2D eigenvalue weighted by molar-refractivity contribution is 5.90. The van der Waals surface area contributed by atoms with Crippen molar-refractivity contribution in [1.82, 2.24) is 4.90 Å². The number of benzene rings is 1. The van der Waals surface area contributed by atoms with Crippen LogP contribution in [0, 0.1) is 0 Å². The van der Waals surface area contributed by atoms with E-state index in [1.54, 1.807) is 7.05 Å². The van der Waals surface area contributed by atoms with Crippen molar-refractivity contribution in [2.45, 2.75) is 31.8 Å². The van der Waals surface area contributed by atoms with Crippen molar-refractivity contribution in [3.8, 4) is 5.75 Å². The molecule has 0 spiro atoms. The number of anilines is 1. The highest BCUT2D eigenvalue weighted by Gasteiger charge is 2.18. The molecule has 1 fully saturated rings. The zero-order chi connectivity index (χ0) is 14.4. The van der Waals surface area contributed by atoms with E-state index in [0.717, 1.165) is 12.8 Å². The number of hydrogen-bond acceptors (Lipinski definition) is 3. The molecule has 0 unspecified atom stereocenters. The predicted octanol–water partition coefficient (Wildman–Crippen LogP) is 2.46. The molecule has 0 aliphatic heterocycles. The molecule has 1 aliphatic rings. The van der Waals surface area contributed by atoms with E-state index in [9.17, 15) is 4.79 Å². The van der Waals surface area contributed by atoms with Gasteiger partial charge in [0, 0.05) is 13.6 Å². The Kier molecular flexibility index (Phi) is 5.24. The Hall–Kier alpha value is -1.75. The van der Waals surface area contributed by atoms with Crippen molar-refractivity contribution in [3.63, 3.8) is 0 Å². The Bertz CT molecular complexity index is 444. The third-order valence-electron chi connectivity index (χ3n) is 3.51. The van der Waals surface area contributed by atoms with Crippen LogP contribution < -0.4 is 10.1 Å². The highest BCUT2D eigenvalue weighted by Crippen LogP contribution is 2.29. The minimum Gasteiger partial charge on any atom is -0.488 e. The van der Waals surface area contributed by atoms with Crippen molar-refractivity contribution < 1.29 is 14.6 Å². The number of aliphatic hydroxyl groups is 1. The summed E-state index contributed by atoms with van der Waals surface area (Å²) < 4.78 is 5.96. The summed E-state index contributed by atoms with van der Waals surface area (Å²) in [5.41, 5.74) is 0.675. The summed E-state index contributed by atoms with van der Waals surface area (Å²) in [6, 6.07) is 7.22. The van der Waals surface area contributed by atoms with Crippen LogP contribution in [-0.2, 0) is 0 Å². The molecule has 0 radical (unpaired) electrons. The van der Waals surface area contributed by atoms with E-state index in [2.05, 4.69) is 5.32 Å². The van der Waals surface area contributed by atoms with Crippen molar-refractivity contribution in [2.24, 2.45) is 0 Å². The molecule has 1 aliphatic carbocycles. The normalized spacial score (nSPS) is 15.1. The molecule has 0 saturated heterocycles. The minimum absolute atomic E-state index is 0.0514. The van der Waals surface area contributed by atoms with Crippen molar-refractivity contribution in [2.75, 3.05) is 25.5 Å². The maximum Gasteiger partial charge on any atom is 0.321 e. The molecule has 1 aromatic carbocycles. The second-order valence-electron chi connectivity index (χ2n) is 5.10. The highest BCUT2D eigenvalue weighted by atomic mass is 16.5. The Morgan fingerprint density at radius 1 is 1.40 bits per heavy atom. The zero-order valence-electron chi connectivity index (χ0n) is 11.8. The van der Waals surface area contributed by atoms with Crippen LogP contribution >= 0.6 is 0 Å². The van der Waals surface area contributed by atoms with E-state index in [-0.39, 0.29) is 18.7 Å². The second kappa shape index (κ2) is 7.14. The molecule has 0 atom stereocenters. The molecule has 0 bridgehead atoms. The third-order valence-corrected chi connectivity index (χ3v) is 3.51. The summed E-state index contributed by atoms with van der Waals surface area (Å²) in [6.45, 7) is 0.252. The first-order valence-electron chi connectivity index (χ1n) is 7.09. The number of carbonyl (C=O) groups is 1. The number of nitrogens with zero attached hydrogens (tertiary/aromatic N) is 1. The van der Waals surface area contributed by atoms with Crippen molar-refractivity contribution in [1.29, 1.82) is 0 Å². The molecule has 1 saturated carbocycles. The summed E-state index contributed by atoms with van der Waals surface area (Å²) in [5, 5.41) is 11.7. The van der Waals surface area contributed by atoms with E-state index in [1.807, 2.05) is 24.3 Å². The fourth-order valence-electron chi connectivity index (χ4n) is 2.32. The molecule has 0 aromatic heterocycles. The Balaban J connectivity index is 2.01. The van der Waals surface area contributed by atoms with Gasteiger partial charge in [0.2, 0.25) is 0 Å². The average molecular weight is 278 g/mol. The van der Waals surface area contributed by atoms with E-state index < -0.39 is 0 Å². The molecule has 20 heavy (non-hydrogen) atoms. The first kappa shape index (κ1) is 14.7. The molecule has 5 heteroatoms. The van der Waals surface area contributed by atoms with Crippen LogP contribution in [0.25, 0.3) is 0 Å². The number of rotatable bonds is 5. The molecule has 110 valence electrons. The van der Waals surface area contributed by atoms with Gasteiger partial charge < -0.3 is 20.1 Å². The molecule has 1 aromatic rings. The van der Waals surface area contributed by atoms with Gasteiger partial charge in [0.1, 0.15) is 5.75 Å². The second-order valence-corrected chi connectivity index (χ2v) is 5.10. The van der Waals surface area contributed by atoms with Gasteiger partial charge in [-0.3, -0.25) is 0 Å². The van der Waals surface area contributed by atoms with Crippen LogP contribution in [0.4, 0.5) is 10.5 Å². The van der Waals surface area contributed by atoms with Gasteiger partial charge in [0.25, 0.3) is 0 Å². The minimum atomic E-state index is -0.249. The Morgan fingerprint density at radius 3 is 2.80 bits per heavy atom. The standard InChI is InChI=1S/C15H22N2O3/c1-17(10-11-18)15(19)16-13-8-4-5-9-14(13)20-12-6-2-3-7-12/h4-5,8-9,12,18H,2-3,6-7,10-11H2,1H3,(H,16,19). The SMILES string of the molecule is CN(CCO)C(=O)Nc1ccccc1OC1CCCC1. The lowest BCUT2D eigenvalue weighted by Crippen LogP contribution is -2.33. The molecule has 2 rings (SSSR count). The number of carbonyl (C=O) groups excluding carboxylic acids is 1. The Labute approximate surface area is 119 Å². The van der Waals surface area contributed by atoms with Gasteiger partial charge in [-0.2, -0.15) is 0 Å². The first-order valence-corrected chi connectivity index (χ1v) is 7.09. The maximum absolute atomic E-state index is 11.9. The molecular formula is C15H22N2O3. The predicted molar refractivity (Wildman–Crippen MR) is 78.1 cm³/mol. The van der Waals surface area contributed by atoms with Crippen LogP contribution in [0.2, 0.25) is 0 Å². The largest absolute Gasteiger partial charge is 0.488 e. The summed E-state index contributed by atoms with van der Waals surface area (Å²) in [6.07, 6.45) is 4.82. The number of likely N-dealkylation sites (N-methyl/N-ethyl adjacent to an activating group) is 1. The maximum atomic E-state index is 11.9. The fraction of sp³-hybridized carbons (Fsp3) is 0.533. The molecule has 5 nitrogen and oxygen atoms in total. The van der Waals surface area contributed by atoms with Gasteiger partial charge in [-0.05, 0) is 37.8 Å². The van der Waals surface area contributed by atoms with Gasteiger partial charge in [0.15, 0.2) is 0 Å². The van der Waals surface area contributed by atoms with E-state index in [4.69, 9.17) is 9.84 Å². The molecule has 2 N–H and O–H groups in total. The summed E-state index contributed by atoms with van der Waals surface area (Å²) in [7, 11) is 1.64. The zero-order valence-corrected chi connectivity index (χ0v) is 11.8. The first-order chi connectivity index (χ1) is 9.70. The number of ether oxygens (including phenoxy) is 1. The van der Waals surface area contributed by atoms with Gasteiger partial charge >= 0.3 is 6.03 Å². The lowest BCUT2D eigenvalue weighted by atomic mass is 10.2. The number of urea groups is 1. The quantitative estimate of drug-likeness (QED) is 0.869. The van der Waals surface area contributed by atoms with Crippen LogP contribution in [0.3, 0.4) is 0 Å². The Morgan fingerprint density at radius 2 is 2.10 bits per heavy atom. The number of amides is 2. The van der Waals surface area contributed by atoms with Crippen molar-refractivity contribution in [3.05, 3.63) is 24.3 Å². The van der Waals surface area contributed by atoms with Gasteiger partial charge in [-0.1, -0.05) is 12.1 Å². The lowest BCUT2D eigenvalue weighted by Gasteiger charge is -2.20. The van der Waals surface area contributed by atoms with Crippen molar-refractivity contribution >= 4 is 11.7 Å².